The van der Waals surface area contributed by atoms with Gasteiger partial charge < -0.3 is 24.3 Å². The molecule has 8 nitrogen and oxygen atoms in total. The highest BCUT2D eigenvalue weighted by atomic mass is 16.5. The lowest BCUT2D eigenvalue weighted by molar-refractivity contribution is -0.137. The van der Waals surface area contributed by atoms with E-state index in [4.69, 9.17) is 9.47 Å². The van der Waals surface area contributed by atoms with Gasteiger partial charge in [-0.25, -0.2) is 4.79 Å². The Kier molecular flexibility index (Phi) is 9.51. The number of ether oxygens (including phenoxy) is 2. The number of carbonyl (C=O) groups is 3. The zero-order valence-corrected chi connectivity index (χ0v) is 23.9. The highest BCUT2D eigenvalue weighted by Gasteiger charge is 2.23. The summed E-state index contributed by atoms with van der Waals surface area (Å²) in [6.07, 6.45) is 6.99. The summed E-state index contributed by atoms with van der Waals surface area (Å²) in [5, 5.41) is 19.7. The Labute approximate surface area is 254 Å². The van der Waals surface area contributed by atoms with E-state index in [2.05, 4.69) is 0 Å². The van der Waals surface area contributed by atoms with Crippen molar-refractivity contribution in [2.24, 2.45) is 0 Å². The lowest BCUT2D eigenvalue weighted by atomic mass is 9.97. The molecule has 0 amide bonds. The summed E-state index contributed by atoms with van der Waals surface area (Å²) in [7, 11) is 0. The fourth-order valence-electron chi connectivity index (χ4n) is 4.95. The van der Waals surface area contributed by atoms with Gasteiger partial charge in [-0.1, -0.05) is 78.9 Å². The van der Waals surface area contributed by atoms with Crippen LogP contribution in [0.4, 0.5) is 0 Å². The molecule has 8 heteroatoms. The highest BCUT2D eigenvalue weighted by molar-refractivity contribution is 6.20. The van der Waals surface area contributed by atoms with E-state index in [1.807, 2.05) is 72.8 Å². The number of aromatic nitrogens is 1. The Balaban J connectivity index is 1.29. The predicted molar refractivity (Wildman–Crippen MR) is 168 cm³/mol. The van der Waals surface area contributed by atoms with Crippen LogP contribution in [0.5, 0.6) is 11.5 Å². The van der Waals surface area contributed by atoms with E-state index in [0.29, 0.717) is 29.7 Å². The maximum Gasteiger partial charge on any atom is 0.336 e. The quantitative estimate of drug-likeness (QED) is 0.0809. The van der Waals surface area contributed by atoms with E-state index in [0.717, 1.165) is 29.9 Å². The summed E-state index contributed by atoms with van der Waals surface area (Å²) in [5.74, 6) is -1.15. The Morgan fingerprint density at radius 2 is 1.30 bits per heavy atom. The average Bonchev–Trinajstić information content (AvgIpc) is 3.40. The van der Waals surface area contributed by atoms with Gasteiger partial charge in [0.15, 0.2) is 5.78 Å². The Morgan fingerprint density at radius 3 is 1.95 bits per heavy atom. The second-order valence-corrected chi connectivity index (χ2v) is 10.1. The predicted octanol–water partition coefficient (Wildman–Crippen LogP) is 7.06. The van der Waals surface area contributed by atoms with Crippen molar-refractivity contribution in [3.63, 3.8) is 0 Å². The number of aromatic carboxylic acids is 1. The normalized spacial score (nSPS) is 11.1. The molecule has 0 unspecified atom stereocenters. The largest absolute Gasteiger partial charge is 0.494 e. The number of ketones is 1. The van der Waals surface area contributed by atoms with E-state index in [-0.39, 0.29) is 23.2 Å². The van der Waals surface area contributed by atoms with Gasteiger partial charge in [0.05, 0.1) is 24.3 Å². The van der Waals surface area contributed by atoms with Crippen molar-refractivity contribution in [3.8, 4) is 11.5 Å². The molecule has 1 aromatic heterocycles. The molecule has 0 atom stereocenters. The van der Waals surface area contributed by atoms with Crippen molar-refractivity contribution in [2.45, 2.75) is 19.4 Å². The number of fused-ring (bicyclic) bond motifs is 1. The van der Waals surface area contributed by atoms with Crippen LogP contribution in [0, 0.1) is 0 Å². The van der Waals surface area contributed by atoms with Crippen LogP contribution in [0.1, 0.15) is 50.2 Å². The molecule has 0 saturated carbocycles. The van der Waals surface area contributed by atoms with Crippen molar-refractivity contribution >= 4 is 40.8 Å². The Hall–Kier alpha value is -5.63. The fourth-order valence-corrected chi connectivity index (χ4v) is 4.95. The van der Waals surface area contributed by atoms with Gasteiger partial charge >= 0.3 is 11.9 Å². The van der Waals surface area contributed by atoms with Crippen molar-refractivity contribution in [2.75, 3.05) is 13.2 Å². The van der Waals surface area contributed by atoms with Crippen molar-refractivity contribution < 1.29 is 34.1 Å². The molecule has 1 heterocycles. The summed E-state index contributed by atoms with van der Waals surface area (Å²) in [4.78, 5) is 37.0. The summed E-state index contributed by atoms with van der Waals surface area (Å²) in [6.45, 7) is 0.846. The van der Waals surface area contributed by atoms with E-state index in [1.165, 1.54) is 22.9 Å². The number of benzene rings is 4. The molecular weight excluding hydrogens is 558 g/mol. The third kappa shape index (κ3) is 7.22. The van der Waals surface area contributed by atoms with Gasteiger partial charge in [0, 0.05) is 22.7 Å². The van der Waals surface area contributed by atoms with Crippen LogP contribution in [0.15, 0.2) is 103 Å². The lowest BCUT2D eigenvalue weighted by Crippen LogP contribution is -2.10. The number of rotatable bonds is 14. The van der Waals surface area contributed by atoms with Crippen molar-refractivity contribution in [1.82, 2.24) is 4.57 Å². The number of unbranched alkanes of at least 4 members (excludes halogenated alkanes) is 1. The molecule has 0 aliphatic rings. The third-order valence-corrected chi connectivity index (χ3v) is 7.04. The standard InChI is InChI=1S/C36H31NO7/c38-33(39)24-37-23-32(35(40)30-12-4-5-13-31(30)36(41)42)29-14-8-9-26(34(29)37)18-15-25-16-19-28(20-17-25)44-22-7-6-21-43-27-10-2-1-3-11-27/h1-5,8-20,23H,6-7,21-22,24H2,(H,38,39)(H,41,42)/b18-15+. The number of nitrogens with zero attached hydrogens (tertiary/aromatic N) is 1. The zero-order chi connectivity index (χ0) is 30.9. The Morgan fingerprint density at radius 1 is 0.659 bits per heavy atom. The van der Waals surface area contributed by atoms with Gasteiger partial charge in [-0.2, -0.15) is 0 Å². The van der Waals surface area contributed by atoms with Crippen LogP contribution in [-0.4, -0.2) is 45.7 Å². The highest BCUT2D eigenvalue weighted by Crippen LogP contribution is 2.29. The van der Waals surface area contributed by atoms with E-state index in [1.54, 1.807) is 24.3 Å². The molecule has 0 aliphatic carbocycles. The molecule has 0 saturated heterocycles. The van der Waals surface area contributed by atoms with Gasteiger partial charge in [-0.15, -0.1) is 0 Å². The molecule has 5 aromatic rings. The number of hydrogen-bond acceptors (Lipinski definition) is 5. The smallest absolute Gasteiger partial charge is 0.336 e. The first-order valence-corrected chi connectivity index (χ1v) is 14.2. The van der Waals surface area contributed by atoms with E-state index >= 15 is 0 Å². The number of para-hydroxylation sites is 2. The molecule has 222 valence electrons. The molecule has 2 N–H and O–H groups in total. The monoisotopic (exact) mass is 589 g/mol. The van der Waals surface area contributed by atoms with Crippen LogP contribution < -0.4 is 9.47 Å². The first-order valence-electron chi connectivity index (χ1n) is 14.2. The number of carbonyl (C=O) groups excluding carboxylic acids is 1. The molecule has 44 heavy (non-hydrogen) atoms. The van der Waals surface area contributed by atoms with Gasteiger partial charge in [0.1, 0.15) is 18.0 Å². The number of hydrogen-bond donors (Lipinski definition) is 2. The van der Waals surface area contributed by atoms with E-state index < -0.39 is 17.7 Å². The molecule has 0 aliphatic heterocycles. The second kappa shape index (κ2) is 14.0. The Bertz CT molecular complexity index is 1800. The minimum atomic E-state index is -1.21. The van der Waals surface area contributed by atoms with Gasteiger partial charge in [-0.3, -0.25) is 9.59 Å². The molecule has 4 aromatic carbocycles. The number of carboxylic acid groups (broad SMARTS) is 2. The van der Waals surface area contributed by atoms with Crippen LogP contribution in [0.2, 0.25) is 0 Å². The number of aliphatic carboxylic acids is 1. The van der Waals surface area contributed by atoms with Crippen LogP contribution in [0.3, 0.4) is 0 Å². The van der Waals surface area contributed by atoms with Gasteiger partial charge in [-0.05, 0) is 54.3 Å². The van der Waals surface area contributed by atoms with Gasteiger partial charge in [0.2, 0.25) is 0 Å². The lowest BCUT2D eigenvalue weighted by Gasteiger charge is -2.08. The third-order valence-electron chi connectivity index (χ3n) is 7.04. The summed E-state index contributed by atoms with van der Waals surface area (Å²) in [6, 6.07) is 28.7. The van der Waals surface area contributed by atoms with Gasteiger partial charge in [0.25, 0.3) is 0 Å². The molecule has 0 spiro atoms. The molecule has 5 rings (SSSR count). The molecular formula is C36H31NO7. The first-order chi connectivity index (χ1) is 21.4. The number of carboxylic acids is 2. The van der Waals surface area contributed by atoms with Crippen LogP contribution in [-0.2, 0) is 11.3 Å². The van der Waals surface area contributed by atoms with E-state index in [9.17, 15) is 24.6 Å². The van der Waals surface area contributed by atoms with Crippen molar-refractivity contribution in [3.05, 3.63) is 131 Å². The van der Waals surface area contributed by atoms with Crippen LogP contribution >= 0.6 is 0 Å². The summed E-state index contributed by atoms with van der Waals surface area (Å²) < 4.78 is 13.1. The average molecular weight is 590 g/mol. The molecule has 0 radical (unpaired) electrons. The zero-order valence-electron chi connectivity index (χ0n) is 23.9. The minimum absolute atomic E-state index is 0.0400. The van der Waals surface area contributed by atoms with Crippen molar-refractivity contribution in [1.29, 1.82) is 0 Å². The topological polar surface area (TPSA) is 115 Å². The molecule has 0 fully saturated rings. The maximum atomic E-state index is 13.5. The molecule has 0 bridgehead atoms. The summed E-state index contributed by atoms with van der Waals surface area (Å²) in [5.41, 5.74) is 2.35. The fraction of sp³-hybridized carbons (Fsp3) is 0.139. The first kappa shape index (κ1) is 29.8. The van der Waals surface area contributed by atoms with Crippen LogP contribution in [0.25, 0.3) is 23.1 Å². The summed E-state index contributed by atoms with van der Waals surface area (Å²) >= 11 is 0. The second-order valence-electron chi connectivity index (χ2n) is 10.1. The maximum absolute atomic E-state index is 13.5. The minimum Gasteiger partial charge on any atom is -0.494 e. The SMILES string of the molecule is O=C(O)Cn1cc(C(=O)c2ccccc2C(=O)O)c2cccc(/C=C/c3ccc(OCCCCOc4ccccc4)cc3)c21.